The molecule has 0 aliphatic heterocycles. The predicted octanol–water partition coefficient (Wildman–Crippen LogP) is 3.59. The smallest absolute Gasteiger partial charge is 0.272 e. The molecule has 1 amide bonds. The molecule has 1 aromatic heterocycles. The van der Waals surface area contributed by atoms with Crippen LogP contribution in [0.25, 0.3) is 0 Å². The number of ether oxygens (including phenoxy) is 1. The fourth-order valence-corrected chi connectivity index (χ4v) is 2.32. The van der Waals surface area contributed by atoms with Crippen molar-refractivity contribution in [3.05, 3.63) is 83.2 Å². The normalized spacial score (nSPS) is 9.77. The van der Waals surface area contributed by atoms with Crippen molar-refractivity contribution in [3.63, 3.8) is 0 Å². The van der Waals surface area contributed by atoms with Gasteiger partial charge in [0.15, 0.2) is 0 Å². The van der Waals surface area contributed by atoms with Crippen LogP contribution in [0.1, 0.15) is 27.2 Å². The first-order valence-electron chi connectivity index (χ1n) is 7.80. The van der Waals surface area contributed by atoms with E-state index in [0.29, 0.717) is 34.9 Å². The maximum Gasteiger partial charge on any atom is 0.272 e. The van der Waals surface area contributed by atoms with E-state index in [2.05, 4.69) is 16.4 Å². The molecule has 6 heteroatoms. The minimum absolute atomic E-state index is 0.319. The van der Waals surface area contributed by atoms with Crippen LogP contribution in [-0.2, 0) is 6.61 Å². The Bertz CT molecular complexity index is 1010. The van der Waals surface area contributed by atoms with E-state index in [1.165, 1.54) is 12.3 Å². The standard InChI is InChI=1S/C20H14N4O2/c21-10-14-2-1-3-15(8-14)13-26-18-6-4-17(5-7-18)24-20(25)19-9-16(11-22)12-23-19/h1-9,12,23H,13H2,(H,24,25). The van der Waals surface area contributed by atoms with Crippen LogP contribution >= 0.6 is 0 Å². The van der Waals surface area contributed by atoms with Crippen LogP contribution in [-0.4, -0.2) is 10.9 Å². The van der Waals surface area contributed by atoms with Gasteiger partial charge in [-0.05, 0) is 48.0 Å². The van der Waals surface area contributed by atoms with Crippen molar-refractivity contribution in [2.45, 2.75) is 6.61 Å². The first kappa shape index (κ1) is 16.8. The van der Waals surface area contributed by atoms with Gasteiger partial charge in [-0.3, -0.25) is 4.79 Å². The Morgan fingerprint density at radius 3 is 2.50 bits per heavy atom. The molecule has 0 radical (unpaired) electrons. The number of anilines is 1. The molecular weight excluding hydrogens is 328 g/mol. The number of hydrogen-bond acceptors (Lipinski definition) is 4. The number of hydrogen-bond donors (Lipinski definition) is 2. The molecular formula is C20H14N4O2. The number of nitriles is 2. The summed E-state index contributed by atoms with van der Waals surface area (Å²) in [4.78, 5) is 14.8. The average Bonchev–Trinajstić information content (AvgIpc) is 3.17. The lowest BCUT2D eigenvalue weighted by Crippen LogP contribution is -2.12. The zero-order valence-electron chi connectivity index (χ0n) is 13.7. The molecule has 2 N–H and O–H groups in total. The Kier molecular flexibility index (Phi) is 4.98. The average molecular weight is 342 g/mol. The number of aromatic amines is 1. The first-order valence-corrected chi connectivity index (χ1v) is 7.80. The number of nitrogens with one attached hydrogen (secondary N) is 2. The second kappa shape index (κ2) is 7.69. The van der Waals surface area contributed by atoms with E-state index in [1.54, 1.807) is 36.4 Å². The van der Waals surface area contributed by atoms with E-state index < -0.39 is 0 Å². The first-order chi connectivity index (χ1) is 12.7. The van der Waals surface area contributed by atoms with Crippen molar-refractivity contribution in [2.75, 3.05) is 5.32 Å². The number of carbonyl (C=O) groups excluding carboxylic acids is 1. The van der Waals surface area contributed by atoms with E-state index in [-0.39, 0.29) is 5.91 Å². The van der Waals surface area contributed by atoms with Gasteiger partial charge >= 0.3 is 0 Å². The summed E-state index contributed by atoms with van der Waals surface area (Å²) in [7, 11) is 0. The SMILES string of the molecule is N#Cc1cccc(COc2ccc(NC(=O)c3cc(C#N)c[nH]3)cc2)c1. The highest BCUT2D eigenvalue weighted by atomic mass is 16.5. The third kappa shape index (κ3) is 4.08. The van der Waals surface area contributed by atoms with Gasteiger partial charge < -0.3 is 15.0 Å². The van der Waals surface area contributed by atoms with Crippen LogP contribution in [0, 0.1) is 22.7 Å². The van der Waals surface area contributed by atoms with Crippen LogP contribution in [0.4, 0.5) is 5.69 Å². The third-order valence-electron chi connectivity index (χ3n) is 3.63. The molecule has 1 heterocycles. The number of amides is 1. The van der Waals surface area contributed by atoms with Gasteiger partial charge in [-0.15, -0.1) is 0 Å². The quantitative estimate of drug-likeness (QED) is 0.739. The topological polar surface area (TPSA) is 102 Å². The highest BCUT2D eigenvalue weighted by Gasteiger charge is 2.09. The maximum absolute atomic E-state index is 12.1. The molecule has 26 heavy (non-hydrogen) atoms. The van der Waals surface area contributed by atoms with Crippen molar-refractivity contribution in [2.24, 2.45) is 0 Å². The van der Waals surface area contributed by atoms with Crippen molar-refractivity contribution in [1.82, 2.24) is 4.98 Å². The van der Waals surface area contributed by atoms with E-state index in [4.69, 9.17) is 15.3 Å². The van der Waals surface area contributed by atoms with Crippen molar-refractivity contribution in [3.8, 4) is 17.9 Å². The second-order valence-corrected chi connectivity index (χ2v) is 5.49. The van der Waals surface area contributed by atoms with Crippen LogP contribution in [0.5, 0.6) is 5.75 Å². The molecule has 3 aromatic rings. The Morgan fingerprint density at radius 2 is 1.81 bits per heavy atom. The highest BCUT2D eigenvalue weighted by Crippen LogP contribution is 2.18. The summed E-state index contributed by atoms with van der Waals surface area (Å²) in [5, 5.41) is 20.4. The van der Waals surface area contributed by atoms with Gasteiger partial charge in [0, 0.05) is 11.9 Å². The van der Waals surface area contributed by atoms with Crippen LogP contribution in [0.15, 0.2) is 60.8 Å². The number of benzene rings is 2. The monoisotopic (exact) mass is 342 g/mol. The number of rotatable bonds is 5. The summed E-state index contributed by atoms with van der Waals surface area (Å²) in [5.41, 5.74) is 2.83. The number of nitrogens with zero attached hydrogens (tertiary/aromatic N) is 2. The zero-order valence-corrected chi connectivity index (χ0v) is 13.7. The molecule has 0 spiro atoms. The molecule has 0 saturated carbocycles. The lowest BCUT2D eigenvalue weighted by Gasteiger charge is -2.08. The molecule has 0 atom stereocenters. The summed E-state index contributed by atoms with van der Waals surface area (Å²) < 4.78 is 5.69. The Hall–Kier alpha value is -4.03. The van der Waals surface area contributed by atoms with Gasteiger partial charge in [-0.1, -0.05) is 12.1 Å². The van der Waals surface area contributed by atoms with Gasteiger partial charge in [-0.25, -0.2) is 0 Å². The van der Waals surface area contributed by atoms with E-state index in [9.17, 15) is 4.79 Å². The summed E-state index contributed by atoms with van der Waals surface area (Å²) in [6, 6.07) is 19.7. The van der Waals surface area contributed by atoms with Gasteiger partial charge in [0.05, 0.1) is 17.2 Å². The number of H-pyrrole nitrogens is 1. The Labute approximate surface area is 150 Å². The van der Waals surface area contributed by atoms with Crippen molar-refractivity contribution in [1.29, 1.82) is 10.5 Å². The Balaban J connectivity index is 1.58. The molecule has 6 nitrogen and oxygen atoms in total. The molecule has 2 aromatic carbocycles. The number of carbonyl (C=O) groups is 1. The van der Waals surface area contributed by atoms with E-state index in [1.807, 2.05) is 18.2 Å². The fraction of sp³-hybridized carbons (Fsp3) is 0.0500. The summed E-state index contributed by atoms with van der Waals surface area (Å²) in [5.74, 6) is 0.325. The molecule has 0 fully saturated rings. The highest BCUT2D eigenvalue weighted by molar-refractivity contribution is 6.03. The van der Waals surface area contributed by atoms with Gasteiger partial charge in [0.25, 0.3) is 5.91 Å². The minimum Gasteiger partial charge on any atom is -0.489 e. The van der Waals surface area contributed by atoms with Crippen LogP contribution < -0.4 is 10.1 Å². The molecule has 0 saturated heterocycles. The number of aromatic nitrogens is 1. The predicted molar refractivity (Wildman–Crippen MR) is 95.4 cm³/mol. The summed E-state index contributed by atoms with van der Waals surface area (Å²) in [6.45, 7) is 0.348. The van der Waals surface area contributed by atoms with Gasteiger partial charge in [-0.2, -0.15) is 10.5 Å². The maximum atomic E-state index is 12.1. The molecule has 3 rings (SSSR count). The van der Waals surface area contributed by atoms with E-state index >= 15 is 0 Å². The largest absolute Gasteiger partial charge is 0.489 e. The Morgan fingerprint density at radius 1 is 1.04 bits per heavy atom. The lowest BCUT2D eigenvalue weighted by molar-refractivity contribution is 0.102. The van der Waals surface area contributed by atoms with Crippen LogP contribution in [0.3, 0.4) is 0 Å². The molecule has 0 aliphatic carbocycles. The molecule has 0 unspecified atom stereocenters. The fourth-order valence-electron chi connectivity index (χ4n) is 2.32. The van der Waals surface area contributed by atoms with Crippen LogP contribution in [0.2, 0.25) is 0 Å². The molecule has 126 valence electrons. The molecule has 0 bridgehead atoms. The van der Waals surface area contributed by atoms with E-state index in [0.717, 1.165) is 5.56 Å². The van der Waals surface area contributed by atoms with Crippen molar-refractivity contribution >= 4 is 11.6 Å². The zero-order chi connectivity index (χ0) is 18.4. The summed E-state index contributed by atoms with van der Waals surface area (Å²) in [6.07, 6.45) is 1.48. The minimum atomic E-state index is -0.325. The van der Waals surface area contributed by atoms with Gasteiger partial charge in [0.1, 0.15) is 24.1 Å². The summed E-state index contributed by atoms with van der Waals surface area (Å²) >= 11 is 0. The third-order valence-corrected chi connectivity index (χ3v) is 3.63. The van der Waals surface area contributed by atoms with Crippen molar-refractivity contribution < 1.29 is 9.53 Å². The lowest BCUT2D eigenvalue weighted by atomic mass is 10.1. The van der Waals surface area contributed by atoms with Gasteiger partial charge in [0.2, 0.25) is 0 Å². The second-order valence-electron chi connectivity index (χ2n) is 5.49. The molecule has 0 aliphatic rings.